The van der Waals surface area contributed by atoms with E-state index in [0.29, 0.717) is 26.1 Å². The third kappa shape index (κ3) is 5.46. The molecule has 0 aromatic heterocycles. The van der Waals surface area contributed by atoms with Crippen LogP contribution in [0.25, 0.3) is 0 Å². The van der Waals surface area contributed by atoms with Gasteiger partial charge in [-0.1, -0.05) is 28.1 Å². The zero-order valence-electron chi connectivity index (χ0n) is 10.3. The molecule has 4 nitrogen and oxygen atoms in total. The first-order valence-electron chi connectivity index (χ1n) is 6.05. The van der Waals surface area contributed by atoms with Gasteiger partial charge in [-0.15, -0.1) is 0 Å². The van der Waals surface area contributed by atoms with Gasteiger partial charge < -0.3 is 15.3 Å². The van der Waals surface area contributed by atoms with E-state index >= 15 is 0 Å². The molecule has 0 aliphatic heterocycles. The number of hydrogen-bond donors (Lipinski definition) is 3. The largest absolute Gasteiger partial charge is 0.396 e. The number of hydrogen-bond acceptors (Lipinski definition) is 4. The average molecular weight is 318 g/mol. The van der Waals surface area contributed by atoms with Crippen molar-refractivity contribution in [2.45, 2.75) is 12.5 Å². The summed E-state index contributed by atoms with van der Waals surface area (Å²) in [6.45, 7) is 1.81. The molecule has 0 saturated carbocycles. The highest BCUT2D eigenvalue weighted by molar-refractivity contribution is 9.10. The zero-order chi connectivity index (χ0) is 13.4. The number of halogens is 1. The Bertz CT molecular complexity index is 332. The van der Waals surface area contributed by atoms with E-state index in [4.69, 9.17) is 10.2 Å². The van der Waals surface area contributed by atoms with Crippen molar-refractivity contribution in [3.63, 3.8) is 0 Å². The second-order valence-corrected chi connectivity index (χ2v) is 5.08. The van der Waals surface area contributed by atoms with Gasteiger partial charge in [0.15, 0.2) is 0 Å². The Morgan fingerprint density at radius 1 is 1.06 bits per heavy atom. The van der Waals surface area contributed by atoms with E-state index in [2.05, 4.69) is 15.9 Å². The normalized spacial score (nSPS) is 12.9. The molecule has 0 bridgehead atoms. The third-order valence-electron chi connectivity index (χ3n) is 2.73. The van der Waals surface area contributed by atoms with E-state index < -0.39 is 6.10 Å². The van der Waals surface area contributed by atoms with Crippen LogP contribution in [0.4, 0.5) is 0 Å². The van der Waals surface area contributed by atoms with Crippen LogP contribution in [0, 0.1) is 0 Å². The monoisotopic (exact) mass is 317 g/mol. The Morgan fingerprint density at radius 2 is 1.72 bits per heavy atom. The van der Waals surface area contributed by atoms with Crippen molar-refractivity contribution < 1.29 is 15.3 Å². The molecule has 0 radical (unpaired) electrons. The molecule has 0 aliphatic carbocycles. The molecule has 1 atom stereocenters. The summed E-state index contributed by atoms with van der Waals surface area (Å²) in [6.07, 6.45) is 0.0657. The minimum absolute atomic E-state index is 0.0541. The predicted octanol–water partition coefficient (Wildman–Crippen LogP) is 1.16. The number of aliphatic hydroxyl groups is 3. The van der Waals surface area contributed by atoms with E-state index in [1.807, 2.05) is 29.2 Å². The van der Waals surface area contributed by atoms with Crippen molar-refractivity contribution >= 4 is 15.9 Å². The highest BCUT2D eigenvalue weighted by Gasteiger charge is 2.12. The smallest absolute Gasteiger partial charge is 0.0916 e. The molecule has 3 N–H and O–H groups in total. The van der Waals surface area contributed by atoms with Crippen LogP contribution in [0.3, 0.4) is 0 Å². The van der Waals surface area contributed by atoms with Crippen LogP contribution in [-0.2, 0) is 0 Å². The number of aliphatic hydroxyl groups excluding tert-OH is 3. The minimum atomic E-state index is -0.580. The summed E-state index contributed by atoms with van der Waals surface area (Å²) in [5.41, 5.74) is 0.852. The molecule has 1 unspecified atom stereocenters. The molecule has 0 saturated heterocycles. The zero-order valence-corrected chi connectivity index (χ0v) is 11.9. The summed E-state index contributed by atoms with van der Waals surface area (Å²) in [7, 11) is 0. The van der Waals surface area contributed by atoms with Gasteiger partial charge in [0.25, 0.3) is 0 Å². The summed E-state index contributed by atoms with van der Waals surface area (Å²) >= 11 is 3.35. The van der Waals surface area contributed by atoms with Crippen LogP contribution in [0.1, 0.15) is 18.1 Å². The quantitative estimate of drug-likeness (QED) is 0.673. The fourth-order valence-electron chi connectivity index (χ4n) is 1.77. The first kappa shape index (κ1) is 15.6. The van der Waals surface area contributed by atoms with Crippen molar-refractivity contribution in [1.29, 1.82) is 0 Å². The van der Waals surface area contributed by atoms with Gasteiger partial charge in [-0.2, -0.15) is 0 Å². The van der Waals surface area contributed by atoms with Crippen LogP contribution in [-0.4, -0.2) is 53.1 Å². The van der Waals surface area contributed by atoms with Crippen LogP contribution in [0.15, 0.2) is 28.7 Å². The fourth-order valence-corrected chi connectivity index (χ4v) is 2.03. The summed E-state index contributed by atoms with van der Waals surface area (Å²) in [6, 6.07) is 7.53. The summed E-state index contributed by atoms with van der Waals surface area (Å²) in [5.74, 6) is 0. The van der Waals surface area contributed by atoms with Crippen molar-refractivity contribution in [2.75, 3.05) is 32.8 Å². The van der Waals surface area contributed by atoms with E-state index in [-0.39, 0.29) is 13.2 Å². The number of benzene rings is 1. The first-order chi connectivity index (χ1) is 8.67. The molecule has 102 valence electrons. The Hall–Kier alpha value is -0.460. The maximum atomic E-state index is 10.1. The van der Waals surface area contributed by atoms with E-state index in [9.17, 15) is 5.11 Å². The molecule has 0 spiro atoms. The van der Waals surface area contributed by atoms with Gasteiger partial charge >= 0.3 is 0 Å². The molecule has 0 fully saturated rings. The van der Waals surface area contributed by atoms with Gasteiger partial charge in [0.2, 0.25) is 0 Å². The van der Waals surface area contributed by atoms with Gasteiger partial charge in [0.1, 0.15) is 0 Å². The molecule has 5 heteroatoms. The molecule has 1 rings (SSSR count). The Morgan fingerprint density at radius 3 is 2.28 bits per heavy atom. The summed E-state index contributed by atoms with van der Waals surface area (Å²) in [4.78, 5) is 1.95. The molecule has 1 aromatic rings. The Balaban J connectivity index is 2.53. The molecule has 0 heterocycles. The minimum Gasteiger partial charge on any atom is -0.396 e. The first-order valence-corrected chi connectivity index (χ1v) is 6.84. The molecule has 1 aromatic carbocycles. The van der Waals surface area contributed by atoms with E-state index in [1.54, 1.807) is 0 Å². The van der Waals surface area contributed by atoms with E-state index in [0.717, 1.165) is 10.0 Å². The highest BCUT2D eigenvalue weighted by Crippen LogP contribution is 2.17. The van der Waals surface area contributed by atoms with Gasteiger partial charge in [-0.05, 0) is 24.1 Å². The molecule has 0 aliphatic rings. The Labute approximate surface area is 116 Å². The number of nitrogens with zero attached hydrogens (tertiary/aromatic N) is 1. The third-order valence-corrected chi connectivity index (χ3v) is 3.26. The van der Waals surface area contributed by atoms with Crippen LogP contribution >= 0.6 is 15.9 Å². The number of rotatable bonds is 8. The SMILES string of the molecule is OCCCN(CCO)CC(O)c1ccc(Br)cc1. The predicted molar refractivity (Wildman–Crippen MR) is 74.3 cm³/mol. The summed E-state index contributed by atoms with van der Waals surface area (Å²) < 4.78 is 0.978. The van der Waals surface area contributed by atoms with Crippen molar-refractivity contribution in [3.05, 3.63) is 34.3 Å². The lowest BCUT2D eigenvalue weighted by atomic mass is 10.1. The van der Waals surface area contributed by atoms with Gasteiger partial charge in [0.05, 0.1) is 12.7 Å². The fraction of sp³-hybridized carbons (Fsp3) is 0.538. The maximum absolute atomic E-state index is 10.1. The van der Waals surface area contributed by atoms with E-state index in [1.165, 1.54) is 0 Å². The second-order valence-electron chi connectivity index (χ2n) is 4.17. The molecule has 18 heavy (non-hydrogen) atoms. The van der Waals surface area contributed by atoms with Crippen molar-refractivity contribution in [2.24, 2.45) is 0 Å². The highest BCUT2D eigenvalue weighted by atomic mass is 79.9. The lowest BCUT2D eigenvalue weighted by Crippen LogP contribution is -2.32. The molecule has 0 amide bonds. The lowest BCUT2D eigenvalue weighted by Gasteiger charge is -2.24. The lowest BCUT2D eigenvalue weighted by molar-refractivity contribution is 0.0950. The van der Waals surface area contributed by atoms with Crippen molar-refractivity contribution in [3.8, 4) is 0 Å². The molecular weight excluding hydrogens is 298 g/mol. The summed E-state index contributed by atoms with van der Waals surface area (Å²) in [5, 5.41) is 27.9. The van der Waals surface area contributed by atoms with Crippen LogP contribution < -0.4 is 0 Å². The van der Waals surface area contributed by atoms with Crippen molar-refractivity contribution in [1.82, 2.24) is 4.90 Å². The topological polar surface area (TPSA) is 63.9 Å². The van der Waals surface area contributed by atoms with Gasteiger partial charge in [-0.25, -0.2) is 0 Å². The van der Waals surface area contributed by atoms with Gasteiger partial charge in [-0.3, -0.25) is 4.90 Å². The maximum Gasteiger partial charge on any atom is 0.0916 e. The van der Waals surface area contributed by atoms with Crippen LogP contribution in [0.2, 0.25) is 0 Å². The van der Waals surface area contributed by atoms with Gasteiger partial charge in [0, 0.05) is 30.7 Å². The Kier molecular flexibility index (Phi) is 7.46. The average Bonchev–Trinajstić information content (AvgIpc) is 2.37. The standard InChI is InChI=1S/C13H20BrNO3/c14-12-4-2-11(3-5-12)13(18)10-15(7-9-17)6-1-8-16/h2-5,13,16-18H,1,6-10H2. The second kappa shape index (κ2) is 8.61. The van der Waals surface area contributed by atoms with Crippen LogP contribution in [0.5, 0.6) is 0 Å². The molecular formula is C13H20BrNO3.